The zero-order valence-electron chi connectivity index (χ0n) is 10.4. The highest BCUT2D eigenvalue weighted by Gasteiger charge is 2.14. The fraction of sp³-hybridized carbons (Fsp3) is 0.462. The molecule has 4 heteroatoms. The van der Waals surface area contributed by atoms with Crippen LogP contribution < -0.4 is 14.2 Å². The molecule has 1 radical (unpaired) electrons. The van der Waals surface area contributed by atoms with Crippen molar-refractivity contribution in [3.8, 4) is 17.2 Å². The minimum absolute atomic E-state index is 0.389. The molecular weight excluding hydrogens is 220 g/mol. The molecule has 93 valence electrons. The third-order valence-electron chi connectivity index (χ3n) is 2.03. The van der Waals surface area contributed by atoms with Gasteiger partial charge < -0.3 is 14.2 Å². The van der Waals surface area contributed by atoms with Crippen LogP contribution in [0.1, 0.15) is 26.3 Å². The van der Waals surface area contributed by atoms with E-state index in [1.165, 1.54) is 0 Å². The molecule has 0 saturated carbocycles. The van der Waals surface area contributed by atoms with Gasteiger partial charge in [0, 0.05) is 5.56 Å². The highest BCUT2D eigenvalue weighted by atomic mass is 16.5. The molecule has 0 fully saturated rings. The van der Waals surface area contributed by atoms with Gasteiger partial charge in [-0.25, -0.2) is 0 Å². The second kappa shape index (κ2) is 6.78. The topological polar surface area (TPSA) is 44.8 Å². The number of carbonyl (C=O) groups excluding carboxylic acids is 1. The molecule has 0 aromatic heterocycles. The van der Waals surface area contributed by atoms with Crippen molar-refractivity contribution in [2.24, 2.45) is 0 Å². The summed E-state index contributed by atoms with van der Waals surface area (Å²) in [6.45, 7) is 7.11. The molecule has 0 saturated heterocycles. The summed E-state index contributed by atoms with van der Waals surface area (Å²) in [4.78, 5) is 10.7. The van der Waals surface area contributed by atoms with Crippen LogP contribution in [0.5, 0.6) is 17.2 Å². The zero-order valence-corrected chi connectivity index (χ0v) is 10.4. The fourth-order valence-electron chi connectivity index (χ4n) is 1.45. The number of benzene rings is 1. The predicted octanol–water partition coefficient (Wildman–Crippen LogP) is 2.34. The third kappa shape index (κ3) is 3.37. The van der Waals surface area contributed by atoms with Gasteiger partial charge in [0.15, 0.2) is 11.5 Å². The number of rotatable bonds is 7. The molecule has 1 rings (SSSR count). The van der Waals surface area contributed by atoms with Gasteiger partial charge >= 0.3 is 0 Å². The molecule has 0 aliphatic heterocycles. The lowest BCUT2D eigenvalue weighted by atomic mass is 10.2. The smallest absolute Gasteiger partial charge is 0.233 e. The van der Waals surface area contributed by atoms with Crippen molar-refractivity contribution in [3.63, 3.8) is 0 Å². The Labute approximate surface area is 101 Å². The van der Waals surface area contributed by atoms with Gasteiger partial charge in [0.2, 0.25) is 12.0 Å². The van der Waals surface area contributed by atoms with Gasteiger partial charge in [0.1, 0.15) is 0 Å². The summed E-state index contributed by atoms with van der Waals surface area (Å²) < 4.78 is 16.4. The summed E-state index contributed by atoms with van der Waals surface area (Å²) in [7, 11) is 0. The van der Waals surface area contributed by atoms with Gasteiger partial charge in [-0.05, 0) is 32.9 Å². The summed E-state index contributed by atoms with van der Waals surface area (Å²) in [5.74, 6) is 1.56. The van der Waals surface area contributed by atoms with Crippen molar-refractivity contribution in [3.05, 3.63) is 17.7 Å². The van der Waals surface area contributed by atoms with Crippen molar-refractivity contribution < 1.29 is 19.0 Å². The molecule has 0 bridgehead atoms. The minimum Gasteiger partial charge on any atom is -0.490 e. The van der Waals surface area contributed by atoms with Crippen LogP contribution in [0.2, 0.25) is 0 Å². The molecule has 0 spiro atoms. The predicted molar refractivity (Wildman–Crippen MR) is 64.7 cm³/mol. The number of hydrogen-bond acceptors (Lipinski definition) is 4. The maximum absolute atomic E-state index is 10.7. The van der Waals surface area contributed by atoms with Crippen LogP contribution in [0.4, 0.5) is 0 Å². The standard InChI is InChI=1S/C13H17O4/c1-4-15-11-7-10(9-14)8-12(16-5-2)13(11)17-6-3/h7-8H,4-6H2,1-3H3. The summed E-state index contributed by atoms with van der Waals surface area (Å²) in [5, 5.41) is 0. The van der Waals surface area contributed by atoms with Crippen LogP contribution >= 0.6 is 0 Å². The van der Waals surface area contributed by atoms with E-state index in [0.29, 0.717) is 42.6 Å². The number of ether oxygens (including phenoxy) is 3. The first-order chi connectivity index (χ1) is 8.26. The Kier molecular flexibility index (Phi) is 5.33. The second-order valence-electron chi connectivity index (χ2n) is 3.20. The summed E-state index contributed by atoms with van der Waals surface area (Å²) >= 11 is 0. The molecule has 1 aromatic rings. The lowest BCUT2D eigenvalue weighted by Crippen LogP contribution is -2.03. The van der Waals surface area contributed by atoms with Gasteiger partial charge in [-0.15, -0.1) is 0 Å². The molecule has 17 heavy (non-hydrogen) atoms. The molecule has 0 amide bonds. The van der Waals surface area contributed by atoms with E-state index in [1.54, 1.807) is 12.1 Å². The monoisotopic (exact) mass is 237 g/mol. The summed E-state index contributed by atoms with van der Waals surface area (Å²) in [6.07, 6.45) is 1.83. The van der Waals surface area contributed by atoms with Crippen LogP contribution in [-0.4, -0.2) is 26.1 Å². The highest BCUT2D eigenvalue weighted by molar-refractivity contribution is 5.78. The first-order valence-corrected chi connectivity index (χ1v) is 5.71. The molecule has 0 N–H and O–H groups in total. The van der Waals surface area contributed by atoms with Gasteiger partial charge in [-0.2, -0.15) is 0 Å². The van der Waals surface area contributed by atoms with Crippen molar-refractivity contribution in [2.75, 3.05) is 19.8 Å². The Bertz CT molecular complexity index is 347. The lowest BCUT2D eigenvalue weighted by Gasteiger charge is -2.15. The van der Waals surface area contributed by atoms with E-state index in [-0.39, 0.29) is 0 Å². The number of hydrogen-bond donors (Lipinski definition) is 0. The highest BCUT2D eigenvalue weighted by Crippen LogP contribution is 2.38. The molecule has 0 atom stereocenters. The van der Waals surface area contributed by atoms with E-state index in [0.717, 1.165) is 0 Å². The van der Waals surface area contributed by atoms with Crippen molar-refractivity contribution in [1.29, 1.82) is 0 Å². The van der Waals surface area contributed by atoms with E-state index < -0.39 is 0 Å². The molecule has 0 aliphatic rings. The molecule has 4 nitrogen and oxygen atoms in total. The Morgan fingerprint density at radius 2 is 1.41 bits per heavy atom. The van der Waals surface area contributed by atoms with Crippen molar-refractivity contribution >= 4 is 6.29 Å². The van der Waals surface area contributed by atoms with E-state index >= 15 is 0 Å². The summed E-state index contributed by atoms with van der Waals surface area (Å²) in [6, 6.07) is 3.20. The minimum atomic E-state index is 0.389. The van der Waals surface area contributed by atoms with Crippen LogP contribution in [0.3, 0.4) is 0 Å². The normalized spacial score (nSPS) is 9.82. The van der Waals surface area contributed by atoms with E-state index in [1.807, 2.05) is 27.1 Å². The molecule has 0 aliphatic carbocycles. The van der Waals surface area contributed by atoms with E-state index in [4.69, 9.17) is 14.2 Å². The van der Waals surface area contributed by atoms with Crippen LogP contribution in [-0.2, 0) is 4.79 Å². The lowest BCUT2D eigenvalue weighted by molar-refractivity contribution is 0.260. The van der Waals surface area contributed by atoms with Crippen LogP contribution in [0.15, 0.2) is 12.1 Å². The average molecular weight is 237 g/mol. The van der Waals surface area contributed by atoms with Gasteiger partial charge in [0.05, 0.1) is 19.8 Å². The van der Waals surface area contributed by atoms with Gasteiger partial charge in [-0.3, -0.25) is 4.79 Å². The summed E-state index contributed by atoms with van der Waals surface area (Å²) in [5.41, 5.74) is 0.389. The van der Waals surface area contributed by atoms with Crippen LogP contribution in [0, 0.1) is 0 Å². The largest absolute Gasteiger partial charge is 0.490 e. The van der Waals surface area contributed by atoms with Crippen molar-refractivity contribution in [2.45, 2.75) is 20.8 Å². The van der Waals surface area contributed by atoms with E-state index in [9.17, 15) is 4.79 Å². The van der Waals surface area contributed by atoms with Gasteiger partial charge in [-0.1, -0.05) is 0 Å². The maximum Gasteiger partial charge on any atom is 0.233 e. The second-order valence-corrected chi connectivity index (χ2v) is 3.20. The fourth-order valence-corrected chi connectivity index (χ4v) is 1.45. The Morgan fingerprint density at radius 3 is 1.76 bits per heavy atom. The molecule has 0 heterocycles. The third-order valence-corrected chi connectivity index (χ3v) is 2.03. The quantitative estimate of drug-likeness (QED) is 0.730. The van der Waals surface area contributed by atoms with Crippen LogP contribution in [0.25, 0.3) is 0 Å². The van der Waals surface area contributed by atoms with Gasteiger partial charge in [0.25, 0.3) is 0 Å². The SMILES string of the molecule is CCOc1cc([C]=O)cc(OCC)c1OCC. The molecule has 0 unspecified atom stereocenters. The average Bonchev–Trinajstić information content (AvgIpc) is 2.33. The first-order valence-electron chi connectivity index (χ1n) is 5.71. The Morgan fingerprint density at radius 1 is 0.941 bits per heavy atom. The maximum atomic E-state index is 10.7. The van der Waals surface area contributed by atoms with E-state index in [2.05, 4.69) is 0 Å². The Balaban J connectivity index is 3.21. The first kappa shape index (κ1) is 13.4. The molecule has 1 aromatic carbocycles. The zero-order chi connectivity index (χ0) is 12.7. The molecular formula is C13H17O4. The van der Waals surface area contributed by atoms with Crippen molar-refractivity contribution in [1.82, 2.24) is 0 Å². The Hall–Kier alpha value is -1.71.